The Morgan fingerprint density at radius 2 is 2.21 bits per heavy atom. The Morgan fingerprint density at radius 1 is 1.64 bits per heavy atom. The summed E-state index contributed by atoms with van der Waals surface area (Å²) in [5.41, 5.74) is 5.42. The van der Waals surface area contributed by atoms with Crippen LogP contribution in [0.2, 0.25) is 0 Å². The molecule has 1 atom stereocenters. The van der Waals surface area contributed by atoms with Crippen LogP contribution in [0.4, 0.5) is 0 Å². The number of nitrogens with zero attached hydrogens (tertiary/aromatic N) is 1. The van der Waals surface area contributed by atoms with Crippen LogP contribution < -0.4 is 5.73 Å². The van der Waals surface area contributed by atoms with Crippen LogP contribution in [0.15, 0.2) is 0 Å². The summed E-state index contributed by atoms with van der Waals surface area (Å²) in [6, 6.07) is 0. The predicted octanol–water partition coefficient (Wildman–Crippen LogP) is -0.189. The molecular formula is C10H20N2O2. The number of rotatable bonds is 4. The van der Waals surface area contributed by atoms with Gasteiger partial charge in [0.15, 0.2) is 0 Å². The Kier molecular flexibility index (Phi) is 3.89. The fourth-order valence-corrected chi connectivity index (χ4v) is 1.80. The van der Waals surface area contributed by atoms with Gasteiger partial charge in [-0.2, -0.15) is 0 Å². The number of nitrogens with two attached hydrogens (primary N) is 1. The van der Waals surface area contributed by atoms with Gasteiger partial charge < -0.3 is 15.7 Å². The molecule has 1 unspecified atom stereocenters. The van der Waals surface area contributed by atoms with Gasteiger partial charge in [0.05, 0.1) is 6.10 Å². The number of aliphatic hydroxyl groups is 1. The summed E-state index contributed by atoms with van der Waals surface area (Å²) < 4.78 is 0. The van der Waals surface area contributed by atoms with Crippen LogP contribution in [0.3, 0.4) is 0 Å². The van der Waals surface area contributed by atoms with E-state index in [4.69, 9.17) is 10.8 Å². The molecule has 0 spiro atoms. The van der Waals surface area contributed by atoms with E-state index in [1.54, 1.807) is 11.9 Å². The Bertz CT molecular complexity index is 202. The number of amides is 1. The lowest BCUT2D eigenvalue weighted by Crippen LogP contribution is -2.42. The van der Waals surface area contributed by atoms with Crippen molar-refractivity contribution < 1.29 is 9.90 Å². The van der Waals surface area contributed by atoms with Gasteiger partial charge in [0.1, 0.15) is 0 Å². The fourth-order valence-electron chi connectivity index (χ4n) is 1.80. The standard InChI is InChI=1S/C10H20N2O2/c1-7(5-11)10(14)12(2)6-8-3-9(13)4-8/h7-9,13H,3-6,11H2,1-2H3. The quantitative estimate of drug-likeness (QED) is 0.661. The van der Waals surface area contributed by atoms with Crippen LogP contribution in [-0.4, -0.2) is 42.2 Å². The molecular weight excluding hydrogens is 180 g/mol. The second-order valence-electron chi connectivity index (χ2n) is 4.35. The van der Waals surface area contributed by atoms with Crippen molar-refractivity contribution >= 4 is 5.91 Å². The topological polar surface area (TPSA) is 66.6 Å². The van der Waals surface area contributed by atoms with Crippen LogP contribution in [0.25, 0.3) is 0 Å². The Hall–Kier alpha value is -0.610. The van der Waals surface area contributed by atoms with Gasteiger partial charge in [-0.15, -0.1) is 0 Å². The molecule has 1 saturated carbocycles. The van der Waals surface area contributed by atoms with Crippen molar-refractivity contribution in [1.29, 1.82) is 0 Å². The van der Waals surface area contributed by atoms with E-state index in [9.17, 15) is 4.79 Å². The van der Waals surface area contributed by atoms with Crippen molar-refractivity contribution in [2.24, 2.45) is 17.6 Å². The van der Waals surface area contributed by atoms with E-state index in [0.717, 1.165) is 19.4 Å². The molecule has 0 saturated heterocycles. The van der Waals surface area contributed by atoms with Crippen molar-refractivity contribution in [3.63, 3.8) is 0 Å². The van der Waals surface area contributed by atoms with Gasteiger partial charge >= 0.3 is 0 Å². The van der Waals surface area contributed by atoms with Gasteiger partial charge in [0, 0.05) is 26.1 Å². The maximum Gasteiger partial charge on any atom is 0.226 e. The summed E-state index contributed by atoms with van der Waals surface area (Å²) in [7, 11) is 1.80. The summed E-state index contributed by atoms with van der Waals surface area (Å²) in [6.45, 7) is 2.99. The van der Waals surface area contributed by atoms with Crippen LogP contribution >= 0.6 is 0 Å². The number of carbonyl (C=O) groups excluding carboxylic acids is 1. The van der Waals surface area contributed by atoms with Gasteiger partial charge in [-0.05, 0) is 18.8 Å². The molecule has 0 aliphatic heterocycles. The van der Waals surface area contributed by atoms with Gasteiger partial charge in [-0.1, -0.05) is 6.92 Å². The zero-order chi connectivity index (χ0) is 10.7. The average molecular weight is 200 g/mol. The molecule has 0 aromatic heterocycles. The average Bonchev–Trinajstić information content (AvgIpc) is 2.12. The molecule has 3 N–H and O–H groups in total. The third-order valence-corrected chi connectivity index (χ3v) is 2.89. The third-order valence-electron chi connectivity index (χ3n) is 2.89. The zero-order valence-electron chi connectivity index (χ0n) is 8.94. The normalized spacial score (nSPS) is 28.0. The minimum absolute atomic E-state index is 0.0926. The summed E-state index contributed by atoms with van der Waals surface area (Å²) >= 11 is 0. The molecule has 14 heavy (non-hydrogen) atoms. The molecule has 1 aliphatic carbocycles. The molecule has 1 aliphatic rings. The summed E-state index contributed by atoms with van der Waals surface area (Å²) in [6.07, 6.45) is 1.51. The number of carbonyl (C=O) groups is 1. The van der Waals surface area contributed by atoms with Gasteiger partial charge in [-0.3, -0.25) is 4.79 Å². The highest BCUT2D eigenvalue weighted by Crippen LogP contribution is 2.27. The maximum absolute atomic E-state index is 11.6. The van der Waals surface area contributed by atoms with E-state index in [0.29, 0.717) is 12.5 Å². The zero-order valence-corrected chi connectivity index (χ0v) is 8.94. The fraction of sp³-hybridized carbons (Fsp3) is 0.900. The van der Waals surface area contributed by atoms with Crippen LogP contribution in [0.5, 0.6) is 0 Å². The lowest BCUT2D eigenvalue weighted by atomic mass is 9.82. The van der Waals surface area contributed by atoms with Gasteiger partial charge in [-0.25, -0.2) is 0 Å². The second-order valence-corrected chi connectivity index (χ2v) is 4.35. The van der Waals surface area contributed by atoms with E-state index in [1.165, 1.54) is 0 Å². The summed E-state index contributed by atoms with van der Waals surface area (Å²) in [5, 5.41) is 9.10. The second kappa shape index (κ2) is 4.75. The highest BCUT2D eigenvalue weighted by Gasteiger charge is 2.29. The molecule has 0 bridgehead atoms. The SMILES string of the molecule is CC(CN)C(=O)N(C)CC1CC(O)C1. The van der Waals surface area contributed by atoms with E-state index < -0.39 is 0 Å². The number of hydrogen-bond donors (Lipinski definition) is 2. The Balaban J connectivity index is 2.27. The minimum Gasteiger partial charge on any atom is -0.393 e. The monoisotopic (exact) mass is 200 g/mol. The lowest BCUT2D eigenvalue weighted by Gasteiger charge is -2.35. The molecule has 1 fully saturated rings. The van der Waals surface area contributed by atoms with Crippen molar-refractivity contribution in [1.82, 2.24) is 4.90 Å². The van der Waals surface area contributed by atoms with Crippen molar-refractivity contribution in [2.75, 3.05) is 20.1 Å². The molecule has 4 heteroatoms. The van der Waals surface area contributed by atoms with Crippen LogP contribution in [-0.2, 0) is 4.79 Å². The molecule has 4 nitrogen and oxygen atoms in total. The predicted molar refractivity (Wildman–Crippen MR) is 54.6 cm³/mol. The van der Waals surface area contributed by atoms with Gasteiger partial charge in [0.2, 0.25) is 5.91 Å². The third kappa shape index (κ3) is 2.69. The Labute approximate surface area is 85.1 Å². The Morgan fingerprint density at radius 3 is 2.64 bits per heavy atom. The smallest absolute Gasteiger partial charge is 0.226 e. The number of aliphatic hydroxyl groups excluding tert-OH is 1. The van der Waals surface area contributed by atoms with Gasteiger partial charge in [0.25, 0.3) is 0 Å². The molecule has 1 rings (SSSR count). The first-order chi connectivity index (χ1) is 6.54. The van der Waals surface area contributed by atoms with Crippen LogP contribution in [0, 0.1) is 11.8 Å². The largest absolute Gasteiger partial charge is 0.393 e. The molecule has 0 aromatic rings. The van der Waals surface area contributed by atoms with Crippen molar-refractivity contribution in [3.05, 3.63) is 0 Å². The summed E-state index contributed by atoms with van der Waals surface area (Å²) in [5.74, 6) is 0.489. The molecule has 1 amide bonds. The first-order valence-corrected chi connectivity index (χ1v) is 5.17. The van der Waals surface area contributed by atoms with E-state index >= 15 is 0 Å². The van der Waals surface area contributed by atoms with E-state index in [-0.39, 0.29) is 17.9 Å². The highest BCUT2D eigenvalue weighted by atomic mass is 16.3. The first kappa shape index (κ1) is 11.5. The number of hydrogen-bond acceptors (Lipinski definition) is 3. The van der Waals surface area contributed by atoms with E-state index in [2.05, 4.69) is 0 Å². The molecule has 0 radical (unpaired) electrons. The summed E-state index contributed by atoms with van der Waals surface area (Å²) in [4.78, 5) is 13.3. The molecule has 0 heterocycles. The van der Waals surface area contributed by atoms with E-state index in [1.807, 2.05) is 6.92 Å². The van der Waals surface area contributed by atoms with Crippen molar-refractivity contribution in [2.45, 2.75) is 25.9 Å². The van der Waals surface area contributed by atoms with Crippen molar-refractivity contribution in [3.8, 4) is 0 Å². The minimum atomic E-state index is -0.143. The van der Waals surface area contributed by atoms with Crippen LogP contribution in [0.1, 0.15) is 19.8 Å². The molecule has 82 valence electrons. The maximum atomic E-state index is 11.6. The molecule has 0 aromatic carbocycles. The lowest BCUT2D eigenvalue weighted by molar-refractivity contribution is -0.134. The first-order valence-electron chi connectivity index (χ1n) is 5.17. The highest BCUT2D eigenvalue weighted by molar-refractivity contribution is 5.78.